The number of nitrogens with one attached hydrogen (secondary N) is 2. The summed E-state index contributed by atoms with van der Waals surface area (Å²) in [6.45, 7) is 5.46. The van der Waals surface area contributed by atoms with E-state index >= 15 is 0 Å². The van der Waals surface area contributed by atoms with Crippen LogP contribution < -0.4 is 15.6 Å². The number of aryl methyl sites for hydroxylation is 2. The van der Waals surface area contributed by atoms with Crippen molar-refractivity contribution >= 4 is 21.7 Å². The second-order valence-corrected chi connectivity index (χ2v) is 8.82. The van der Waals surface area contributed by atoms with Gasteiger partial charge in [0.1, 0.15) is 5.75 Å². The van der Waals surface area contributed by atoms with E-state index < -0.39 is 27.8 Å². The Balaban J connectivity index is 1.78. The maximum absolute atomic E-state index is 12.0. The van der Waals surface area contributed by atoms with Gasteiger partial charge in [0.2, 0.25) is 5.91 Å². The Morgan fingerprint density at radius 1 is 1.20 bits per heavy atom. The standard InChI is InChI=1S/C17H24N2O5S/c1-11-6-12(2)8-15(7-11)24-13(3)17(21)19-18-16(20)9-14-4-5-25(22,23)10-14/h6-8,13-14H,4-5,9-10H2,1-3H3,(H,18,20)(H,19,21)/t13-,14+/m1/s1. The van der Waals surface area contributed by atoms with E-state index in [0.717, 1.165) is 11.1 Å². The van der Waals surface area contributed by atoms with Crippen molar-refractivity contribution < 1.29 is 22.7 Å². The third-order valence-corrected chi connectivity index (χ3v) is 5.84. The van der Waals surface area contributed by atoms with Gasteiger partial charge in [-0.1, -0.05) is 6.07 Å². The molecular formula is C17H24N2O5S. The Hall–Kier alpha value is -2.09. The number of sulfone groups is 1. The first-order valence-electron chi connectivity index (χ1n) is 8.19. The minimum Gasteiger partial charge on any atom is -0.481 e. The average molecular weight is 368 g/mol. The number of amides is 2. The highest BCUT2D eigenvalue weighted by atomic mass is 32.2. The summed E-state index contributed by atoms with van der Waals surface area (Å²) in [7, 11) is -3.01. The van der Waals surface area contributed by atoms with Crippen LogP contribution in [0.15, 0.2) is 18.2 Å². The third-order valence-electron chi connectivity index (χ3n) is 4.00. The maximum Gasteiger partial charge on any atom is 0.279 e. The number of carbonyl (C=O) groups is 2. The van der Waals surface area contributed by atoms with E-state index in [-0.39, 0.29) is 23.8 Å². The zero-order chi connectivity index (χ0) is 18.6. The molecule has 0 saturated carbocycles. The summed E-state index contributed by atoms with van der Waals surface area (Å²) < 4.78 is 28.4. The normalized spacial score (nSPS) is 19.9. The molecule has 1 aromatic rings. The fraction of sp³-hybridized carbons (Fsp3) is 0.529. The van der Waals surface area contributed by atoms with Crippen molar-refractivity contribution in [2.75, 3.05) is 11.5 Å². The first-order chi connectivity index (χ1) is 11.6. The van der Waals surface area contributed by atoms with Crippen molar-refractivity contribution in [3.8, 4) is 5.75 Å². The molecule has 2 amide bonds. The van der Waals surface area contributed by atoms with Crippen LogP contribution in [-0.2, 0) is 19.4 Å². The maximum atomic E-state index is 12.0. The van der Waals surface area contributed by atoms with Crippen LogP contribution in [0.3, 0.4) is 0 Å². The molecule has 25 heavy (non-hydrogen) atoms. The van der Waals surface area contributed by atoms with Crippen LogP contribution >= 0.6 is 0 Å². The van der Waals surface area contributed by atoms with Gasteiger partial charge in [-0.25, -0.2) is 8.42 Å². The first-order valence-corrected chi connectivity index (χ1v) is 10.0. The lowest BCUT2D eigenvalue weighted by atomic mass is 10.1. The first kappa shape index (κ1) is 19.2. The van der Waals surface area contributed by atoms with Gasteiger partial charge in [-0.05, 0) is 56.4 Å². The molecule has 2 rings (SSSR count). The minimum absolute atomic E-state index is 0.0284. The molecule has 138 valence electrons. The summed E-state index contributed by atoms with van der Waals surface area (Å²) in [6.07, 6.45) is -0.227. The van der Waals surface area contributed by atoms with Gasteiger partial charge < -0.3 is 4.74 Å². The minimum atomic E-state index is -3.01. The van der Waals surface area contributed by atoms with E-state index in [2.05, 4.69) is 10.9 Å². The largest absolute Gasteiger partial charge is 0.481 e. The third kappa shape index (κ3) is 6.04. The number of hydrazine groups is 1. The number of rotatable bonds is 5. The van der Waals surface area contributed by atoms with Crippen LogP contribution in [0.25, 0.3) is 0 Å². The Morgan fingerprint density at radius 3 is 2.40 bits per heavy atom. The molecule has 7 nitrogen and oxygen atoms in total. The summed E-state index contributed by atoms with van der Waals surface area (Å²) in [5, 5.41) is 0. The molecule has 0 radical (unpaired) electrons. The van der Waals surface area contributed by atoms with E-state index in [9.17, 15) is 18.0 Å². The molecule has 2 N–H and O–H groups in total. The molecule has 1 fully saturated rings. The molecule has 1 aliphatic heterocycles. The summed E-state index contributed by atoms with van der Waals surface area (Å²) in [4.78, 5) is 23.8. The van der Waals surface area contributed by atoms with Crippen LogP contribution in [0.2, 0.25) is 0 Å². The van der Waals surface area contributed by atoms with Crippen molar-refractivity contribution in [1.29, 1.82) is 0 Å². The highest BCUT2D eigenvalue weighted by molar-refractivity contribution is 7.91. The van der Waals surface area contributed by atoms with Crippen molar-refractivity contribution in [2.24, 2.45) is 5.92 Å². The molecule has 8 heteroatoms. The van der Waals surface area contributed by atoms with Crippen molar-refractivity contribution in [2.45, 2.75) is 39.7 Å². The van der Waals surface area contributed by atoms with Crippen molar-refractivity contribution in [1.82, 2.24) is 10.9 Å². The second kappa shape index (κ2) is 7.86. The fourth-order valence-electron chi connectivity index (χ4n) is 2.84. The van der Waals surface area contributed by atoms with Gasteiger partial charge in [0.25, 0.3) is 5.91 Å². The Morgan fingerprint density at radius 2 is 1.84 bits per heavy atom. The quantitative estimate of drug-likeness (QED) is 0.756. The second-order valence-electron chi connectivity index (χ2n) is 6.59. The van der Waals surface area contributed by atoms with Gasteiger partial charge in [0.15, 0.2) is 15.9 Å². The SMILES string of the molecule is Cc1cc(C)cc(O[C@H](C)C(=O)NNC(=O)C[C@@H]2CCS(=O)(=O)C2)c1. The molecule has 0 aromatic heterocycles. The highest BCUT2D eigenvalue weighted by Gasteiger charge is 2.29. The lowest BCUT2D eigenvalue weighted by Gasteiger charge is -2.16. The molecule has 1 heterocycles. The summed E-state index contributed by atoms with van der Waals surface area (Å²) >= 11 is 0. The molecule has 0 aliphatic carbocycles. The van der Waals surface area contributed by atoms with Crippen LogP contribution in [-0.4, -0.2) is 37.8 Å². The molecule has 0 unspecified atom stereocenters. The molecule has 2 atom stereocenters. The fourth-order valence-corrected chi connectivity index (χ4v) is 4.70. The van der Waals surface area contributed by atoms with Gasteiger partial charge in [0.05, 0.1) is 11.5 Å². The van der Waals surface area contributed by atoms with Gasteiger partial charge in [-0.15, -0.1) is 0 Å². The molecule has 0 spiro atoms. The lowest BCUT2D eigenvalue weighted by Crippen LogP contribution is -2.47. The molecule has 1 aromatic carbocycles. The number of benzene rings is 1. The zero-order valence-electron chi connectivity index (χ0n) is 14.7. The topological polar surface area (TPSA) is 102 Å². The van der Waals surface area contributed by atoms with Crippen LogP contribution in [0.5, 0.6) is 5.75 Å². The van der Waals surface area contributed by atoms with E-state index in [1.807, 2.05) is 32.0 Å². The lowest BCUT2D eigenvalue weighted by molar-refractivity contribution is -0.133. The van der Waals surface area contributed by atoms with E-state index in [0.29, 0.717) is 12.2 Å². The van der Waals surface area contributed by atoms with E-state index in [1.165, 1.54) is 0 Å². The van der Waals surface area contributed by atoms with Gasteiger partial charge in [-0.2, -0.15) is 0 Å². The van der Waals surface area contributed by atoms with E-state index in [1.54, 1.807) is 6.92 Å². The van der Waals surface area contributed by atoms with Crippen LogP contribution in [0.1, 0.15) is 30.9 Å². The van der Waals surface area contributed by atoms with Gasteiger partial charge in [-0.3, -0.25) is 20.4 Å². The monoisotopic (exact) mass is 368 g/mol. The van der Waals surface area contributed by atoms with Crippen LogP contribution in [0.4, 0.5) is 0 Å². The van der Waals surface area contributed by atoms with Crippen molar-refractivity contribution in [3.05, 3.63) is 29.3 Å². The Labute approximate surface area is 148 Å². The number of hydrogen-bond donors (Lipinski definition) is 2. The number of ether oxygens (including phenoxy) is 1. The summed E-state index contributed by atoms with van der Waals surface area (Å²) in [5.41, 5.74) is 6.69. The molecule has 1 saturated heterocycles. The van der Waals surface area contributed by atoms with E-state index in [4.69, 9.17) is 4.74 Å². The number of hydrogen-bond acceptors (Lipinski definition) is 5. The average Bonchev–Trinajstić information content (AvgIpc) is 2.82. The predicted octanol–water partition coefficient (Wildman–Crippen LogP) is 1.04. The Bertz CT molecular complexity index is 740. The Kier molecular flexibility index (Phi) is 6.05. The molecule has 1 aliphatic rings. The van der Waals surface area contributed by atoms with Crippen molar-refractivity contribution in [3.63, 3.8) is 0 Å². The van der Waals surface area contributed by atoms with Gasteiger partial charge in [0, 0.05) is 6.42 Å². The zero-order valence-corrected chi connectivity index (χ0v) is 15.5. The molecule has 0 bridgehead atoms. The van der Waals surface area contributed by atoms with Crippen LogP contribution in [0, 0.1) is 19.8 Å². The smallest absolute Gasteiger partial charge is 0.279 e. The number of carbonyl (C=O) groups excluding carboxylic acids is 2. The molecular weight excluding hydrogens is 344 g/mol. The summed E-state index contributed by atoms with van der Waals surface area (Å²) in [6, 6.07) is 5.66. The highest BCUT2D eigenvalue weighted by Crippen LogP contribution is 2.21. The summed E-state index contributed by atoms with van der Waals surface area (Å²) in [5.74, 6) is -0.340. The van der Waals surface area contributed by atoms with Gasteiger partial charge >= 0.3 is 0 Å². The predicted molar refractivity (Wildman–Crippen MR) is 93.7 cm³/mol.